The van der Waals surface area contributed by atoms with Crippen LogP contribution in [-0.4, -0.2) is 41.0 Å². The van der Waals surface area contributed by atoms with E-state index in [0.29, 0.717) is 5.41 Å². The van der Waals surface area contributed by atoms with Crippen LogP contribution < -0.4 is 4.90 Å². The van der Waals surface area contributed by atoms with Gasteiger partial charge < -0.3 is 4.90 Å². The van der Waals surface area contributed by atoms with E-state index < -0.39 is 0 Å². The van der Waals surface area contributed by atoms with Crippen LogP contribution in [0.3, 0.4) is 0 Å². The van der Waals surface area contributed by atoms with Crippen LogP contribution in [0.2, 0.25) is 0 Å². The number of anilines is 1. The van der Waals surface area contributed by atoms with Crippen LogP contribution >= 0.6 is 0 Å². The van der Waals surface area contributed by atoms with Crippen molar-refractivity contribution in [2.45, 2.75) is 32.2 Å². The summed E-state index contributed by atoms with van der Waals surface area (Å²) < 4.78 is 0. The second kappa shape index (κ2) is 6.89. The molecule has 2 fully saturated rings. The maximum absolute atomic E-state index is 4.47. The molecule has 1 spiro atoms. The summed E-state index contributed by atoms with van der Waals surface area (Å²) >= 11 is 0. The minimum Gasteiger partial charge on any atom is -0.356 e. The van der Waals surface area contributed by atoms with Crippen molar-refractivity contribution in [3.05, 3.63) is 54.5 Å². The number of likely N-dealkylation sites (tertiary alicyclic amines) is 1. The molecule has 0 N–H and O–H groups in total. The summed E-state index contributed by atoms with van der Waals surface area (Å²) in [4.78, 5) is 13.7. The predicted molar refractivity (Wildman–Crippen MR) is 96.9 cm³/mol. The lowest BCUT2D eigenvalue weighted by atomic mass is 9.73. The maximum atomic E-state index is 4.47. The van der Waals surface area contributed by atoms with Gasteiger partial charge in [-0.1, -0.05) is 30.3 Å². The number of rotatable bonds is 3. The molecule has 4 heteroatoms. The molecule has 0 aliphatic carbocycles. The molecule has 126 valence electrons. The van der Waals surface area contributed by atoms with Gasteiger partial charge in [-0.25, -0.2) is 9.97 Å². The van der Waals surface area contributed by atoms with Crippen LogP contribution in [0.4, 0.5) is 5.82 Å². The van der Waals surface area contributed by atoms with Gasteiger partial charge in [-0.15, -0.1) is 0 Å². The molecule has 0 unspecified atom stereocenters. The van der Waals surface area contributed by atoms with Crippen molar-refractivity contribution >= 4 is 5.82 Å². The molecule has 2 saturated heterocycles. The fourth-order valence-electron chi connectivity index (χ4n) is 4.49. The van der Waals surface area contributed by atoms with E-state index in [0.717, 1.165) is 25.5 Å². The molecule has 4 rings (SSSR count). The minimum atomic E-state index is 0.427. The van der Waals surface area contributed by atoms with Crippen LogP contribution in [0.15, 0.2) is 48.9 Å². The standard InChI is InChI=1S/C20H26N4/c1-2-6-18(7-3-1)14-23-12-4-9-20(15-23)10-5-13-24(16-20)19-8-11-21-17-22-19/h1-3,6-8,11,17H,4-5,9-10,12-16H2/t20-/m1/s1. The van der Waals surface area contributed by atoms with Gasteiger partial charge in [-0.3, -0.25) is 4.90 Å². The first-order chi connectivity index (χ1) is 11.8. The molecule has 2 aliphatic rings. The van der Waals surface area contributed by atoms with E-state index in [9.17, 15) is 0 Å². The molecule has 0 radical (unpaired) electrons. The summed E-state index contributed by atoms with van der Waals surface area (Å²) in [5.74, 6) is 1.09. The van der Waals surface area contributed by atoms with E-state index in [2.05, 4.69) is 50.1 Å². The van der Waals surface area contributed by atoms with Crippen LogP contribution in [0.1, 0.15) is 31.2 Å². The van der Waals surface area contributed by atoms with Gasteiger partial charge in [0.15, 0.2) is 0 Å². The second-order valence-corrected chi connectivity index (χ2v) is 7.39. The summed E-state index contributed by atoms with van der Waals surface area (Å²) in [7, 11) is 0. The lowest BCUT2D eigenvalue weighted by Gasteiger charge is -2.49. The van der Waals surface area contributed by atoms with E-state index in [1.807, 2.05) is 12.3 Å². The average Bonchev–Trinajstić information content (AvgIpc) is 2.63. The zero-order valence-corrected chi connectivity index (χ0v) is 14.3. The first kappa shape index (κ1) is 15.6. The van der Waals surface area contributed by atoms with Crippen molar-refractivity contribution < 1.29 is 0 Å². The van der Waals surface area contributed by atoms with Crippen molar-refractivity contribution in [2.75, 3.05) is 31.1 Å². The maximum Gasteiger partial charge on any atom is 0.131 e. The Kier molecular flexibility index (Phi) is 4.48. The highest BCUT2D eigenvalue weighted by Crippen LogP contribution is 2.39. The number of hydrogen-bond acceptors (Lipinski definition) is 4. The van der Waals surface area contributed by atoms with Crippen molar-refractivity contribution in [3.8, 4) is 0 Å². The Morgan fingerprint density at radius 3 is 2.58 bits per heavy atom. The fourth-order valence-corrected chi connectivity index (χ4v) is 4.49. The summed E-state index contributed by atoms with van der Waals surface area (Å²) in [6.07, 6.45) is 8.79. The highest BCUT2D eigenvalue weighted by Gasteiger charge is 2.39. The Balaban J connectivity index is 1.45. The molecule has 0 amide bonds. The van der Waals surface area contributed by atoms with Crippen molar-refractivity contribution in [3.63, 3.8) is 0 Å². The molecule has 2 aromatic rings. The third-order valence-electron chi connectivity index (χ3n) is 5.54. The smallest absolute Gasteiger partial charge is 0.131 e. The Bertz CT molecular complexity index is 641. The number of aromatic nitrogens is 2. The number of benzene rings is 1. The summed E-state index contributed by atoms with van der Waals surface area (Å²) in [6.45, 7) is 5.77. The van der Waals surface area contributed by atoms with Crippen LogP contribution in [0, 0.1) is 5.41 Å². The molecule has 0 bridgehead atoms. The van der Waals surface area contributed by atoms with Crippen molar-refractivity contribution in [1.82, 2.24) is 14.9 Å². The van der Waals surface area contributed by atoms with Gasteiger partial charge in [0.1, 0.15) is 12.1 Å². The highest BCUT2D eigenvalue weighted by molar-refractivity contribution is 5.37. The number of nitrogens with zero attached hydrogens (tertiary/aromatic N) is 4. The quantitative estimate of drug-likeness (QED) is 0.867. The summed E-state index contributed by atoms with van der Waals surface area (Å²) in [6, 6.07) is 12.9. The normalized spacial score (nSPS) is 25.1. The Hall–Kier alpha value is -1.94. The Morgan fingerprint density at radius 1 is 0.958 bits per heavy atom. The van der Waals surface area contributed by atoms with Crippen molar-refractivity contribution in [2.24, 2.45) is 5.41 Å². The summed E-state index contributed by atoms with van der Waals surface area (Å²) in [5.41, 5.74) is 1.86. The molecule has 24 heavy (non-hydrogen) atoms. The van der Waals surface area contributed by atoms with Gasteiger partial charge in [0, 0.05) is 37.8 Å². The van der Waals surface area contributed by atoms with E-state index in [-0.39, 0.29) is 0 Å². The predicted octanol–water partition coefficient (Wildman–Crippen LogP) is 3.36. The first-order valence-electron chi connectivity index (χ1n) is 9.10. The zero-order valence-electron chi connectivity index (χ0n) is 14.3. The molecule has 4 nitrogen and oxygen atoms in total. The van der Waals surface area contributed by atoms with E-state index >= 15 is 0 Å². The monoisotopic (exact) mass is 322 g/mol. The van der Waals surface area contributed by atoms with Gasteiger partial charge in [0.2, 0.25) is 0 Å². The molecule has 2 aliphatic heterocycles. The molecule has 1 aromatic carbocycles. The van der Waals surface area contributed by atoms with Crippen LogP contribution in [-0.2, 0) is 6.54 Å². The van der Waals surface area contributed by atoms with Gasteiger partial charge in [-0.05, 0) is 43.9 Å². The second-order valence-electron chi connectivity index (χ2n) is 7.39. The van der Waals surface area contributed by atoms with Crippen molar-refractivity contribution in [1.29, 1.82) is 0 Å². The molecular weight excluding hydrogens is 296 g/mol. The van der Waals surface area contributed by atoms with Gasteiger partial charge >= 0.3 is 0 Å². The first-order valence-corrected chi connectivity index (χ1v) is 9.10. The van der Waals surface area contributed by atoms with Gasteiger partial charge in [0.25, 0.3) is 0 Å². The average molecular weight is 322 g/mol. The zero-order chi connectivity index (χ0) is 16.2. The lowest BCUT2D eigenvalue weighted by Crippen LogP contribution is -2.52. The fraction of sp³-hybridized carbons (Fsp3) is 0.500. The number of piperidine rings is 2. The van der Waals surface area contributed by atoms with E-state index in [4.69, 9.17) is 0 Å². The van der Waals surface area contributed by atoms with Gasteiger partial charge in [-0.2, -0.15) is 0 Å². The molecule has 1 atom stereocenters. The third-order valence-corrected chi connectivity index (χ3v) is 5.54. The lowest BCUT2D eigenvalue weighted by molar-refractivity contribution is 0.0683. The van der Waals surface area contributed by atoms with Crippen LogP contribution in [0.5, 0.6) is 0 Å². The topological polar surface area (TPSA) is 32.3 Å². The SMILES string of the molecule is c1ccc(CN2CCC[C@@]3(CCCN(c4ccncn4)C3)C2)cc1. The largest absolute Gasteiger partial charge is 0.356 e. The molecular formula is C20H26N4. The van der Waals surface area contributed by atoms with E-state index in [1.165, 1.54) is 44.3 Å². The Morgan fingerprint density at radius 2 is 1.79 bits per heavy atom. The Labute approximate surface area is 144 Å². The molecule has 1 aromatic heterocycles. The highest BCUT2D eigenvalue weighted by atomic mass is 15.2. The van der Waals surface area contributed by atoms with Gasteiger partial charge in [0.05, 0.1) is 0 Å². The third kappa shape index (κ3) is 3.44. The molecule has 3 heterocycles. The summed E-state index contributed by atoms with van der Waals surface area (Å²) in [5, 5.41) is 0. The van der Waals surface area contributed by atoms with E-state index in [1.54, 1.807) is 6.33 Å². The van der Waals surface area contributed by atoms with Crippen LogP contribution in [0.25, 0.3) is 0 Å². The molecule has 0 saturated carbocycles. The minimum absolute atomic E-state index is 0.427. The number of hydrogen-bond donors (Lipinski definition) is 0.